The van der Waals surface area contributed by atoms with Gasteiger partial charge in [-0.3, -0.25) is 0 Å². The molecule has 1 fully saturated rings. The summed E-state index contributed by atoms with van der Waals surface area (Å²) in [5, 5.41) is 9.43. The van der Waals surface area contributed by atoms with Crippen LogP contribution in [-0.4, -0.2) is 25.7 Å². The molecule has 1 aliphatic carbocycles. The lowest BCUT2D eigenvalue weighted by molar-refractivity contribution is 0.124. The first-order valence-electron chi connectivity index (χ1n) is 9.36. The number of aryl methyl sites for hydroxylation is 1. The average molecular weight is 380 g/mol. The van der Waals surface area contributed by atoms with Gasteiger partial charge in [-0.15, -0.1) is 0 Å². The summed E-state index contributed by atoms with van der Waals surface area (Å²) in [4.78, 5) is 0.287. The van der Waals surface area contributed by atoms with Crippen molar-refractivity contribution in [2.24, 2.45) is 11.3 Å². The lowest BCUT2D eigenvalue weighted by atomic mass is 9.66. The molecule has 1 aliphatic rings. The number of nitrogens with one attached hydrogen (secondary N) is 1. The molecular formula is C21H33NO3S. The summed E-state index contributed by atoms with van der Waals surface area (Å²) in [7, 11) is -3.61. The number of aliphatic hydroxyl groups excluding tert-OH is 1. The molecule has 0 heterocycles. The standard InChI is InChI=1S/C21H33NO3S/c1-16-6-8-19(9-7-16)26(24,25)22-21(14-17(2)15-23)12-10-18(11-13-21)20(3,4)5/h6-9,18,22-23H,2,10-15H2,1,3-5H3. The van der Waals surface area contributed by atoms with Crippen LogP contribution in [0.4, 0.5) is 0 Å². The Morgan fingerprint density at radius 2 is 1.77 bits per heavy atom. The summed E-state index contributed by atoms with van der Waals surface area (Å²) in [5.41, 5.74) is 1.35. The summed E-state index contributed by atoms with van der Waals surface area (Å²) in [6.07, 6.45) is 3.95. The largest absolute Gasteiger partial charge is 0.392 e. The predicted octanol–water partition coefficient (Wildman–Crippen LogP) is 4.19. The van der Waals surface area contributed by atoms with Crippen LogP contribution in [0.15, 0.2) is 41.3 Å². The van der Waals surface area contributed by atoms with Crippen LogP contribution in [-0.2, 0) is 10.0 Å². The molecule has 2 N–H and O–H groups in total. The van der Waals surface area contributed by atoms with Gasteiger partial charge >= 0.3 is 0 Å². The zero-order valence-corrected chi connectivity index (χ0v) is 17.3. The Balaban J connectivity index is 2.25. The second-order valence-electron chi connectivity index (χ2n) is 8.92. The van der Waals surface area contributed by atoms with Crippen LogP contribution in [0, 0.1) is 18.3 Å². The lowest BCUT2D eigenvalue weighted by Crippen LogP contribution is -2.51. The number of hydrogen-bond donors (Lipinski definition) is 2. The van der Waals surface area contributed by atoms with Crippen LogP contribution in [0.3, 0.4) is 0 Å². The second kappa shape index (κ2) is 7.83. The maximum Gasteiger partial charge on any atom is 0.241 e. The lowest BCUT2D eigenvalue weighted by Gasteiger charge is -2.44. The van der Waals surface area contributed by atoms with Crippen LogP contribution in [0.5, 0.6) is 0 Å². The van der Waals surface area contributed by atoms with Crippen LogP contribution >= 0.6 is 0 Å². The molecule has 0 radical (unpaired) electrons. The molecule has 0 atom stereocenters. The van der Waals surface area contributed by atoms with E-state index in [2.05, 4.69) is 32.1 Å². The third-order valence-corrected chi connectivity index (χ3v) is 7.26. The Bertz CT molecular complexity index is 722. The molecule has 5 heteroatoms. The van der Waals surface area contributed by atoms with E-state index in [9.17, 15) is 13.5 Å². The Labute approximate surface area is 158 Å². The minimum atomic E-state index is -3.61. The highest BCUT2D eigenvalue weighted by molar-refractivity contribution is 7.89. The molecular weight excluding hydrogens is 346 g/mol. The fraction of sp³-hybridized carbons (Fsp3) is 0.619. The summed E-state index contributed by atoms with van der Waals surface area (Å²) in [6, 6.07) is 6.91. The third-order valence-electron chi connectivity index (χ3n) is 5.66. The van der Waals surface area contributed by atoms with E-state index in [1.165, 1.54) is 0 Å². The van der Waals surface area contributed by atoms with Crippen molar-refractivity contribution in [3.63, 3.8) is 0 Å². The van der Waals surface area contributed by atoms with Crippen molar-refractivity contribution in [3.8, 4) is 0 Å². The van der Waals surface area contributed by atoms with Crippen molar-refractivity contribution in [3.05, 3.63) is 42.0 Å². The maximum absolute atomic E-state index is 13.0. The van der Waals surface area contributed by atoms with Crippen molar-refractivity contribution in [2.45, 2.75) is 70.2 Å². The maximum atomic E-state index is 13.0. The van der Waals surface area contributed by atoms with Crippen LogP contribution in [0.25, 0.3) is 0 Å². The van der Waals surface area contributed by atoms with E-state index >= 15 is 0 Å². The highest BCUT2D eigenvalue weighted by Crippen LogP contribution is 2.43. The van der Waals surface area contributed by atoms with E-state index < -0.39 is 15.6 Å². The molecule has 0 amide bonds. The number of hydrogen-bond acceptors (Lipinski definition) is 3. The number of rotatable bonds is 6. The van der Waals surface area contributed by atoms with Gasteiger partial charge in [-0.25, -0.2) is 13.1 Å². The minimum absolute atomic E-state index is 0.114. The van der Waals surface area contributed by atoms with Crippen molar-refractivity contribution < 1.29 is 13.5 Å². The van der Waals surface area contributed by atoms with E-state index in [0.29, 0.717) is 17.9 Å². The first kappa shape index (κ1) is 21.1. The van der Waals surface area contributed by atoms with Gasteiger partial charge in [0.1, 0.15) is 0 Å². The van der Waals surface area contributed by atoms with E-state index in [-0.39, 0.29) is 16.9 Å². The summed E-state index contributed by atoms with van der Waals surface area (Å²) in [5.74, 6) is 0.571. The van der Waals surface area contributed by atoms with Crippen molar-refractivity contribution in [1.29, 1.82) is 0 Å². The van der Waals surface area contributed by atoms with Gasteiger partial charge in [0, 0.05) is 5.54 Å². The minimum Gasteiger partial charge on any atom is -0.392 e. The SMILES string of the molecule is C=C(CO)CC1(NS(=O)(=O)c2ccc(C)cc2)CCC(C(C)(C)C)CC1. The summed E-state index contributed by atoms with van der Waals surface area (Å²) in [6.45, 7) is 12.5. The van der Waals surface area contributed by atoms with Crippen molar-refractivity contribution in [2.75, 3.05) is 6.61 Å². The molecule has 1 aromatic carbocycles. The van der Waals surface area contributed by atoms with Gasteiger partial charge in [0.25, 0.3) is 0 Å². The molecule has 0 saturated heterocycles. The average Bonchev–Trinajstić information content (AvgIpc) is 2.54. The van der Waals surface area contributed by atoms with Gasteiger partial charge in [0.15, 0.2) is 0 Å². The van der Waals surface area contributed by atoms with Crippen LogP contribution in [0.1, 0.15) is 58.4 Å². The predicted molar refractivity (Wildman–Crippen MR) is 106 cm³/mol. The summed E-state index contributed by atoms with van der Waals surface area (Å²) < 4.78 is 28.9. The van der Waals surface area contributed by atoms with E-state index in [4.69, 9.17) is 0 Å². The molecule has 0 aromatic heterocycles. The van der Waals surface area contributed by atoms with Crippen LogP contribution in [0.2, 0.25) is 0 Å². The van der Waals surface area contributed by atoms with Gasteiger partial charge in [-0.1, -0.05) is 50.6 Å². The second-order valence-corrected chi connectivity index (χ2v) is 10.6. The molecule has 26 heavy (non-hydrogen) atoms. The number of sulfonamides is 1. The Morgan fingerprint density at radius 1 is 1.23 bits per heavy atom. The third kappa shape index (κ3) is 5.18. The molecule has 0 bridgehead atoms. The quantitative estimate of drug-likeness (QED) is 0.729. The number of benzene rings is 1. The normalized spacial score (nSPS) is 24.4. The first-order valence-corrected chi connectivity index (χ1v) is 10.8. The molecule has 4 nitrogen and oxygen atoms in total. The molecule has 0 aliphatic heterocycles. The van der Waals surface area contributed by atoms with Gasteiger partial charge in [0.2, 0.25) is 10.0 Å². The molecule has 1 aromatic rings. The highest BCUT2D eigenvalue weighted by atomic mass is 32.2. The van der Waals surface area contributed by atoms with Gasteiger partial charge in [-0.05, 0) is 62.5 Å². The van der Waals surface area contributed by atoms with Gasteiger partial charge in [0.05, 0.1) is 11.5 Å². The molecule has 146 valence electrons. The monoisotopic (exact) mass is 379 g/mol. The fourth-order valence-corrected chi connectivity index (χ4v) is 5.41. The Morgan fingerprint density at radius 3 is 2.23 bits per heavy atom. The molecule has 0 unspecified atom stereocenters. The van der Waals surface area contributed by atoms with E-state index in [1.54, 1.807) is 12.1 Å². The Hall–Kier alpha value is -1.17. The zero-order chi connectivity index (χ0) is 19.6. The number of aliphatic hydroxyl groups is 1. The molecule has 2 rings (SSSR count). The summed E-state index contributed by atoms with van der Waals surface area (Å²) >= 11 is 0. The van der Waals surface area contributed by atoms with Gasteiger partial charge in [-0.2, -0.15) is 0 Å². The Kier molecular flexibility index (Phi) is 6.36. The van der Waals surface area contributed by atoms with Crippen LogP contribution < -0.4 is 4.72 Å². The van der Waals surface area contributed by atoms with Crippen molar-refractivity contribution >= 4 is 10.0 Å². The fourth-order valence-electron chi connectivity index (χ4n) is 3.95. The van der Waals surface area contributed by atoms with Crippen molar-refractivity contribution in [1.82, 2.24) is 4.72 Å². The zero-order valence-electron chi connectivity index (χ0n) is 16.5. The highest BCUT2D eigenvalue weighted by Gasteiger charge is 2.41. The topological polar surface area (TPSA) is 66.4 Å². The first-order chi connectivity index (χ1) is 12.0. The molecule has 0 spiro atoms. The van der Waals surface area contributed by atoms with Gasteiger partial charge < -0.3 is 5.11 Å². The smallest absolute Gasteiger partial charge is 0.241 e. The van der Waals surface area contributed by atoms with E-state index in [1.807, 2.05) is 19.1 Å². The molecule has 1 saturated carbocycles. The van der Waals surface area contributed by atoms with E-state index in [0.717, 1.165) is 31.2 Å².